The standard InChI is InChI=1S/C13H20N2O3S.C8H12N2OS/c1-8-7-9(14-12(17)18-13(2,3)4)19-10(8)11(16)15(5)6;1-5-4-6(9)12-7(5)8(11)10(2)3/h7H,1-6H3,(H,14,17);4H,9H2,1-3H3. The van der Waals surface area contributed by atoms with Crippen LogP contribution in [0.3, 0.4) is 0 Å². The van der Waals surface area contributed by atoms with Gasteiger partial charge in [0, 0.05) is 28.2 Å². The van der Waals surface area contributed by atoms with Crippen molar-refractivity contribution in [2.75, 3.05) is 39.2 Å². The van der Waals surface area contributed by atoms with Crippen LogP contribution < -0.4 is 11.1 Å². The molecule has 0 aliphatic heterocycles. The highest BCUT2D eigenvalue weighted by Crippen LogP contribution is 2.28. The van der Waals surface area contributed by atoms with E-state index in [1.807, 2.05) is 19.9 Å². The molecule has 3 amide bonds. The number of hydrogen-bond donors (Lipinski definition) is 2. The zero-order valence-corrected chi connectivity index (χ0v) is 21.2. The van der Waals surface area contributed by atoms with Gasteiger partial charge < -0.3 is 20.3 Å². The van der Waals surface area contributed by atoms with E-state index in [-0.39, 0.29) is 11.8 Å². The van der Waals surface area contributed by atoms with Crippen molar-refractivity contribution in [2.45, 2.75) is 40.2 Å². The summed E-state index contributed by atoms with van der Waals surface area (Å²) in [4.78, 5) is 39.4. The molecule has 8 nitrogen and oxygen atoms in total. The van der Waals surface area contributed by atoms with Gasteiger partial charge in [-0.15, -0.1) is 22.7 Å². The number of nitrogen functional groups attached to an aromatic ring is 1. The molecular weight excluding hydrogens is 436 g/mol. The number of anilines is 2. The summed E-state index contributed by atoms with van der Waals surface area (Å²) < 4.78 is 5.16. The van der Waals surface area contributed by atoms with Gasteiger partial charge >= 0.3 is 6.09 Å². The average Bonchev–Trinajstić information content (AvgIpc) is 3.13. The Bertz CT molecular complexity index is 940. The summed E-state index contributed by atoms with van der Waals surface area (Å²) in [5.74, 6) is -0.0473. The van der Waals surface area contributed by atoms with Crippen LogP contribution in [0.1, 0.15) is 51.2 Å². The van der Waals surface area contributed by atoms with Crippen LogP contribution in [0.5, 0.6) is 0 Å². The van der Waals surface area contributed by atoms with Crippen molar-refractivity contribution in [1.29, 1.82) is 0 Å². The highest BCUT2D eigenvalue weighted by molar-refractivity contribution is 7.18. The van der Waals surface area contributed by atoms with Gasteiger partial charge in [0.25, 0.3) is 11.8 Å². The van der Waals surface area contributed by atoms with Gasteiger partial charge in [-0.05, 0) is 57.9 Å². The Morgan fingerprint density at radius 2 is 1.35 bits per heavy atom. The quantitative estimate of drug-likeness (QED) is 0.693. The molecule has 2 heterocycles. The third kappa shape index (κ3) is 8.22. The van der Waals surface area contributed by atoms with Gasteiger partial charge in [0.1, 0.15) is 5.60 Å². The Morgan fingerprint density at radius 1 is 0.903 bits per heavy atom. The van der Waals surface area contributed by atoms with Gasteiger partial charge in [-0.25, -0.2) is 4.79 Å². The number of nitrogens with one attached hydrogen (secondary N) is 1. The second-order valence-electron chi connectivity index (χ2n) is 8.31. The molecular formula is C21H32N4O4S2. The largest absolute Gasteiger partial charge is 0.444 e. The highest BCUT2D eigenvalue weighted by Gasteiger charge is 2.19. The fourth-order valence-corrected chi connectivity index (χ4v) is 4.33. The molecule has 2 rings (SSSR count). The average molecular weight is 469 g/mol. The molecule has 3 N–H and O–H groups in total. The number of amides is 3. The first-order chi connectivity index (χ1) is 14.1. The lowest BCUT2D eigenvalue weighted by Gasteiger charge is -2.19. The van der Waals surface area contributed by atoms with E-state index in [0.29, 0.717) is 14.9 Å². The second-order valence-corrected chi connectivity index (χ2v) is 10.4. The van der Waals surface area contributed by atoms with Crippen molar-refractivity contribution in [3.8, 4) is 0 Å². The molecule has 0 radical (unpaired) electrons. The molecule has 0 unspecified atom stereocenters. The van der Waals surface area contributed by atoms with Gasteiger partial charge in [0.2, 0.25) is 0 Å². The maximum Gasteiger partial charge on any atom is 0.412 e. The van der Waals surface area contributed by atoms with E-state index < -0.39 is 11.7 Å². The van der Waals surface area contributed by atoms with E-state index in [0.717, 1.165) is 16.0 Å². The van der Waals surface area contributed by atoms with Crippen molar-refractivity contribution < 1.29 is 19.1 Å². The van der Waals surface area contributed by atoms with Gasteiger partial charge in [-0.2, -0.15) is 0 Å². The van der Waals surface area contributed by atoms with Crippen LogP contribution in [0.2, 0.25) is 0 Å². The van der Waals surface area contributed by atoms with Crippen molar-refractivity contribution in [2.24, 2.45) is 0 Å². The van der Waals surface area contributed by atoms with E-state index in [4.69, 9.17) is 10.5 Å². The molecule has 0 spiro atoms. The Kier molecular flexibility index (Phi) is 9.07. The molecule has 2 aromatic heterocycles. The summed E-state index contributed by atoms with van der Waals surface area (Å²) in [5.41, 5.74) is 6.82. The number of ether oxygens (including phenoxy) is 1. The molecule has 0 atom stereocenters. The molecule has 0 aliphatic carbocycles. The van der Waals surface area contributed by atoms with Crippen LogP contribution >= 0.6 is 22.7 Å². The zero-order valence-electron chi connectivity index (χ0n) is 19.6. The first kappa shape index (κ1) is 26.4. The van der Waals surface area contributed by atoms with Crippen molar-refractivity contribution in [1.82, 2.24) is 9.80 Å². The zero-order chi connectivity index (χ0) is 24.1. The number of hydrogen-bond acceptors (Lipinski definition) is 7. The van der Waals surface area contributed by atoms with Gasteiger partial charge in [-0.1, -0.05) is 0 Å². The van der Waals surface area contributed by atoms with E-state index in [1.54, 1.807) is 59.9 Å². The first-order valence-electron chi connectivity index (χ1n) is 9.52. The van der Waals surface area contributed by atoms with Gasteiger partial charge in [0.15, 0.2) is 0 Å². The first-order valence-corrected chi connectivity index (χ1v) is 11.1. The predicted molar refractivity (Wildman–Crippen MR) is 128 cm³/mol. The Balaban J connectivity index is 0.000000343. The van der Waals surface area contributed by atoms with E-state index in [2.05, 4.69) is 5.32 Å². The summed E-state index contributed by atoms with van der Waals surface area (Å²) in [6.07, 6.45) is -0.516. The van der Waals surface area contributed by atoms with Crippen LogP contribution in [0.25, 0.3) is 0 Å². The van der Waals surface area contributed by atoms with E-state index in [9.17, 15) is 14.4 Å². The predicted octanol–water partition coefficient (Wildman–Crippen LogP) is 4.45. The molecule has 0 fully saturated rings. The van der Waals surface area contributed by atoms with Crippen LogP contribution in [-0.2, 0) is 4.74 Å². The van der Waals surface area contributed by atoms with E-state index >= 15 is 0 Å². The summed E-state index contributed by atoms with van der Waals surface area (Å²) in [6.45, 7) is 9.13. The lowest BCUT2D eigenvalue weighted by molar-refractivity contribution is 0.0635. The SMILES string of the molecule is Cc1cc(N)sc1C(=O)N(C)C.Cc1cc(NC(=O)OC(C)(C)C)sc1C(=O)N(C)C. The fraction of sp³-hybridized carbons (Fsp3) is 0.476. The monoisotopic (exact) mass is 468 g/mol. The normalized spacial score (nSPS) is 10.6. The molecule has 0 saturated carbocycles. The van der Waals surface area contributed by atoms with Crippen LogP contribution in [0.4, 0.5) is 14.8 Å². The van der Waals surface area contributed by atoms with Crippen LogP contribution in [0.15, 0.2) is 12.1 Å². The summed E-state index contributed by atoms with van der Waals surface area (Å²) in [5, 5.41) is 3.94. The number of carbonyl (C=O) groups is 3. The molecule has 0 saturated heterocycles. The number of carbonyl (C=O) groups excluding carboxylic acids is 3. The lowest BCUT2D eigenvalue weighted by atomic mass is 10.2. The molecule has 2 aromatic rings. The number of rotatable bonds is 3. The third-order valence-electron chi connectivity index (χ3n) is 3.68. The Hall–Kier alpha value is -2.59. The number of nitrogens with zero attached hydrogens (tertiary/aromatic N) is 2. The van der Waals surface area contributed by atoms with Crippen molar-refractivity contribution >= 4 is 50.6 Å². The maximum absolute atomic E-state index is 11.9. The molecule has 0 aliphatic rings. The summed E-state index contributed by atoms with van der Waals surface area (Å²) in [7, 11) is 6.86. The van der Waals surface area contributed by atoms with Crippen molar-refractivity contribution in [3.63, 3.8) is 0 Å². The lowest BCUT2D eigenvalue weighted by Crippen LogP contribution is -2.26. The molecule has 0 aromatic carbocycles. The van der Waals surface area contributed by atoms with E-state index in [1.165, 1.54) is 27.6 Å². The molecule has 172 valence electrons. The number of nitrogens with two attached hydrogens (primary N) is 1. The third-order valence-corrected chi connectivity index (χ3v) is 5.87. The molecule has 31 heavy (non-hydrogen) atoms. The van der Waals surface area contributed by atoms with Crippen LogP contribution in [-0.4, -0.2) is 61.5 Å². The Labute approximate surface area is 192 Å². The number of aryl methyl sites for hydroxylation is 2. The van der Waals surface area contributed by atoms with Gasteiger partial charge in [0.05, 0.1) is 19.8 Å². The van der Waals surface area contributed by atoms with Crippen molar-refractivity contribution in [3.05, 3.63) is 33.0 Å². The maximum atomic E-state index is 11.9. The summed E-state index contributed by atoms with van der Waals surface area (Å²) >= 11 is 2.58. The summed E-state index contributed by atoms with van der Waals surface area (Å²) in [6, 6.07) is 3.59. The molecule has 0 bridgehead atoms. The minimum Gasteiger partial charge on any atom is -0.444 e. The van der Waals surface area contributed by atoms with Gasteiger partial charge in [-0.3, -0.25) is 14.9 Å². The smallest absolute Gasteiger partial charge is 0.412 e. The minimum absolute atomic E-state index is 0.0224. The van der Waals surface area contributed by atoms with Crippen LogP contribution in [0, 0.1) is 13.8 Å². The Morgan fingerprint density at radius 3 is 1.74 bits per heavy atom. The minimum atomic E-state index is -0.543. The second kappa shape index (κ2) is 10.6. The topological polar surface area (TPSA) is 105 Å². The fourth-order valence-electron chi connectivity index (χ4n) is 2.29. The molecule has 10 heteroatoms. The number of thiophene rings is 2. The highest BCUT2D eigenvalue weighted by atomic mass is 32.1.